The molecule has 0 aromatic heterocycles. The molecule has 1 radical (unpaired) electrons. The van der Waals surface area contributed by atoms with Crippen molar-refractivity contribution in [1.82, 2.24) is 0 Å². The fraction of sp³-hybridized carbons (Fsp3) is 0.222. The predicted octanol–water partition coefficient (Wildman–Crippen LogP) is 2.35. The molecule has 0 aliphatic rings. The Bertz CT molecular complexity index is 165. The van der Waals surface area contributed by atoms with Crippen LogP contribution in [0.1, 0.15) is 12.5 Å². The van der Waals surface area contributed by atoms with Gasteiger partial charge in [0.25, 0.3) is 0 Å². The average molecular weight is 386 g/mol. The van der Waals surface area contributed by atoms with Crippen LogP contribution in [0.5, 0.6) is 0 Å². The van der Waals surface area contributed by atoms with Gasteiger partial charge in [-0.25, -0.2) is 0 Å². The second-order valence-electron chi connectivity index (χ2n) is 2.17. The van der Waals surface area contributed by atoms with E-state index in [4.69, 9.17) is 8.25 Å². The number of hydrogen-bond acceptors (Lipinski definition) is 0. The number of benzene rings is 1. The van der Waals surface area contributed by atoms with Crippen molar-refractivity contribution >= 4 is 25.6 Å². The molecule has 12 heavy (non-hydrogen) atoms. The Balaban J connectivity index is 0. The summed E-state index contributed by atoms with van der Waals surface area (Å²) >= 11 is -0.640. The van der Waals surface area contributed by atoms with Crippen LogP contribution < -0.4 is 0 Å². The maximum Gasteiger partial charge on any atom is 0.187 e. The molecular weight excluding hydrogens is 371 g/mol. The zero-order valence-electron chi connectivity index (χ0n) is 6.89. The molecule has 1 rings (SSSR count). The van der Waals surface area contributed by atoms with Crippen LogP contribution in [0.15, 0.2) is 30.3 Å². The molecule has 3 heteroatoms. The quantitative estimate of drug-likeness (QED) is 0.651. The molecule has 0 saturated carbocycles. The molecule has 1 aromatic carbocycles. The van der Waals surface area contributed by atoms with E-state index in [1.807, 2.05) is 30.3 Å². The molecule has 0 amide bonds. The van der Waals surface area contributed by atoms with Crippen LogP contribution in [0.25, 0.3) is 0 Å². The van der Waals surface area contributed by atoms with Gasteiger partial charge in [0.2, 0.25) is 0 Å². The van der Waals surface area contributed by atoms with E-state index in [0.717, 1.165) is 5.56 Å². The van der Waals surface area contributed by atoms with Crippen molar-refractivity contribution in [3.05, 3.63) is 42.8 Å². The minimum Gasteiger partial charge on any atom is -0.0622 e. The molecule has 0 unspecified atom stereocenters. The Kier molecular flexibility index (Phi) is 15.4. The normalized spacial score (nSPS) is 6.92. The Morgan fingerprint density at radius 3 is 1.92 bits per heavy atom. The summed E-state index contributed by atoms with van der Waals surface area (Å²) in [5, 5.41) is 0. The Morgan fingerprint density at radius 2 is 1.75 bits per heavy atom. The van der Waals surface area contributed by atoms with E-state index in [1.165, 1.54) is 3.93 Å². The van der Waals surface area contributed by atoms with Crippen LogP contribution in [0.4, 0.5) is 0 Å². The van der Waals surface area contributed by atoms with E-state index < -0.39 is 23.3 Å². The molecule has 63 valence electrons. The first kappa shape index (κ1) is 15.4. The molecule has 0 heterocycles. The van der Waals surface area contributed by atoms with E-state index >= 15 is 0 Å². The van der Waals surface area contributed by atoms with Crippen molar-refractivity contribution in [2.75, 3.05) is 0 Å². The number of hydrogen-bond donors (Lipinski definition) is 0. The maximum atomic E-state index is 5.41. The predicted molar refractivity (Wildman–Crippen MR) is 57.2 cm³/mol. The third-order valence-electron chi connectivity index (χ3n) is 1.03. The van der Waals surface area contributed by atoms with Crippen molar-refractivity contribution in [1.29, 1.82) is 0 Å². The Morgan fingerprint density at radius 1 is 1.33 bits per heavy atom. The van der Waals surface area contributed by atoms with Crippen LogP contribution in [0.3, 0.4) is 0 Å². The first-order valence-electron chi connectivity index (χ1n) is 3.74. The van der Waals surface area contributed by atoms with Gasteiger partial charge in [0, 0.05) is 0 Å². The first-order valence-corrected chi connectivity index (χ1v) is 14.4. The summed E-state index contributed by atoms with van der Waals surface area (Å²) in [6, 6.07) is 9.87. The second kappa shape index (κ2) is 12.0. The van der Waals surface area contributed by atoms with Crippen molar-refractivity contribution in [3.63, 3.8) is 0 Å². The summed E-state index contributed by atoms with van der Waals surface area (Å²) in [6.45, 7) is 5.87. The van der Waals surface area contributed by atoms with E-state index in [9.17, 15) is 0 Å². The third-order valence-corrected chi connectivity index (χ3v) is 5.82. The molecule has 0 spiro atoms. The maximum absolute atomic E-state index is 5.41. The van der Waals surface area contributed by atoms with E-state index in [0.29, 0.717) is 0 Å². The summed E-state index contributed by atoms with van der Waals surface area (Å²) < 4.78 is 1.31. The smallest absolute Gasteiger partial charge is 0.0622 e. The van der Waals surface area contributed by atoms with Crippen LogP contribution in [0, 0.1) is 6.92 Å². The van der Waals surface area contributed by atoms with Crippen molar-refractivity contribution in [2.45, 2.75) is 10.9 Å². The summed E-state index contributed by atoms with van der Waals surface area (Å²) in [6.07, 6.45) is 0. The molecule has 0 nitrogen and oxygen atoms in total. The van der Waals surface area contributed by atoms with Crippen LogP contribution in [-0.2, 0) is 23.3 Å². The van der Waals surface area contributed by atoms with Gasteiger partial charge in [-0.1, -0.05) is 30.3 Å². The minimum atomic E-state index is -0.640. The van der Waals surface area contributed by atoms with Gasteiger partial charge in [-0.15, -0.1) is 0 Å². The van der Waals surface area contributed by atoms with E-state index in [-0.39, 0.29) is 17.4 Å². The number of halogens is 1. The van der Waals surface area contributed by atoms with Gasteiger partial charge in [-0.2, -0.15) is 0 Å². The molecule has 0 N–H and O–H groups in total. The Hall–Kier alpha value is 0.978. The van der Waals surface area contributed by atoms with Gasteiger partial charge < -0.3 is 0 Å². The average Bonchev–Trinajstić information content (AvgIpc) is 2.07. The number of rotatable bonds is 1. The third kappa shape index (κ3) is 11.0. The van der Waals surface area contributed by atoms with Gasteiger partial charge in [-0.05, 0) is 12.5 Å². The largest absolute Gasteiger partial charge is 0.187 e. The molecule has 0 aliphatic heterocycles. The zero-order chi connectivity index (χ0) is 8.53. The Labute approximate surface area is 102 Å². The summed E-state index contributed by atoms with van der Waals surface area (Å²) in [5.74, 6) is 0. The van der Waals surface area contributed by atoms with Gasteiger partial charge in [0.1, 0.15) is 0 Å². The standard InChI is InChI=1S/C7H7.C2H5.Al.ClH.Hg.3H/c1-7-5-3-2-4-6-7;1-2;;;;;;/h2-6H,1H2;1H2,2H3;;1H;;;;/q;;;;+1;;;/p-1. The van der Waals surface area contributed by atoms with Crippen LogP contribution >= 0.6 is 8.25 Å². The topological polar surface area (TPSA) is 0 Å². The summed E-state index contributed by atoms with van der Waals surface area (Å²) in [5.41, 5.74) is 1.07. The second-order valence-corrected chi connectivity index (χ2v) is 10.8. The van der Waals surface area contributed by atoms with Crippen LogP contribution in [-0.4, -0.2) is 17.4 Å². The van der Waals surface area contributed by atoms with Crippen LogP contribution in [0.2, 0.25) is 3.93 Å². The van der Waals surface area contributed by atoms with Crippen molar-refractivity contribution < 1.29 is 23.3 Å². The molecular formula is C9H15AlClHg. The van der Waals surface area contributed by atoms with E-state index in [2.05, 4.69) is 13.8 Å². The van der Waals surface area contributed by atoms with Gasteiger partial charge in [0.05, 0.1) is 0 Å². The fourth-order valence-corrected chi connectivity index (χ4v) is 0.478. The molecule has 1 aromatic rings. The van der Waals surface area contributed by atoms with Crippen molar-refractivity contribution in [3.8, 4) is 0 Å². The monoisotopic (exact) mass is 387 g/mol. The molecule has 0 aliphatic carbocycles. The zero-order valence-corrected chi connectivity index (χ0v) is 13.1. The molecule has 0 atom stereocenters. The molecule has 0 bridgehead atoms. The summed E-state index contributed by atoms with van der Waals surface area (Å²) in [7, 11) is 5.41. The SMILES string of the molecule is C[CH2][Hg][Cl].[AlH3].[CH2]c1ccccc1. The van der Waals surface area contributed by atoms with Gasteiger partial charge >= 0.3 is 42.4 Å². The first-order chi connectivity index (χ1) is 5.31. The van der Waals surface area contributed by atoms with E-state index in [1.54, 1.807) is 0 Å². The minimum absolute atomic E-state index is 0. The van der Waals surface area contributed by atoms with Crippen molar-refractivity contribution in [2.24, 2.45) is 0 Å². The molecule has 0 fully saturated rings. The van der Waals surface area contributed by atoms with Gasteiger partial charge in [-0.3, -0.25) is 0 Å². The molecule has 0 saturated heterocycles. The fourth-order valence-electron chi connectivity index (χ4n) is 0.478. The summed E-state index contributed by atoms with van der Waals surface area (Å²) in [4.78, 5) is 0. The van der Waals surface area contributed by atoms with Gasteiger partial charge in [0.15, 0.2) is 17.4 Å².